The fraction of sp³-hybridized carbons (Fsp3) is 0.400. The third-order valence-corrected chi connectivity index (χ3v) is 0.695. The number of allylic oxidation sites excluding steroid dienone is 1. The molecule has 0 aromatic carbocycles. The molecule has 0 heterocycles. The molecule has 11 heavy (non-hydrogen) atoms. The van der Waals surface area contributed by atoms with Crippen LogP contribution in [0.2, 0.25) is 0 Å². The predicted octanol–water partition coefficient (Wildman–Crippen LogP) is -0.402. The van der Waals surface area contributed by atoms with Crippen molar-refractivity contribution in [3.05, 3.63) is 12.0 Å². The van der Waals surface area contributed by atoms with E-state index in [9.17, 15) is 18.3 Å². The summed E-state index contributed by atoms with van der Waals surface area (Å²) in [4.78, 5) is 0. The molecule has 0 saturated carbocycles. The topological polar surface area (TPSA) is 38.1 Å². The van der Waals surface area contributed by atoms with Gasteiger partial charge in [0.25, 0.3) is 0 Å². The van der Waals surface area contributed by atoms with Crippen LogP contribution in [0.1, 0.15) is 0 Å². The molecule has 6 heteroatoms. The Morgan fingerprint density at radius 3 is 2.36 bits per heavy atom. The third-order valence-electron chi connectivity index (χ3n) is 0.695. The molecule has 0 bridgehead atoms. The summed E-state index contributed by atoms with van der Waals surface area (Å²) in [5.41, 5.74) is 1.98. The Hall–Kier alpha value is -1.20. The molecule has 0 aliphatic rings. The van der Waals surface area contributed by atoms with Gasteiger partial charge in [-0.25, -0.2) is 0 Å². The van der Waals surface area contributed by atoms with Crippen LogP contribution in [0.25, 0.3) is 0 Å². The quantitative estimate of drug-likeness (QED) is 0.263. The van der Waals surface area contributed by atoms with Gasteiger partial charge in [0, 0.05) is 0 Å². The van der Waals surface area contributed by atoms with Crippen molar-refractivity contribution in [3.8, 4) is 0 Å². The van der Waals surface area contributed by atoms with Crippen molar-refractivity contribution in [2.45, 2.75) is 6.18 Å². The molecule has 1 N–H and O–H groups in total. The van der Waals surface area contributed by atoms with E-state index in [0.29, 0.717) is 6.20 Å². The Labute approximate surface area is 61.4 Å². The monoisotopic (exact) mass is 168 g/mol. The lowest BCUT2D eigenvalue weighted by Crippen LogP contribution is -2.27. The normalized spacial score (nSPS) is 12.9. The van der Waals surface area contributed by atoms with Gasteiger partial charge in [-0.15, -0.1) is 4.68 Å². The Balaban J connectivity index is 4.12. The lowest BCUT2D eigenvalue weighted by molar-refractivity contribution is -0.541. The molecule has 0 fully saturated rings. The fourth-order valence-electron chi connectivity index (χ4n) is 0.251. The third kappa shape index (κ3) is 4.24. The van der Waals surface area contributed by atoms with Crippen molar-refractivity contribution in [1.82, 2.24) is 5.43 Å². The first kappa shape index (κ1) is 9.80. The van der Waals surface area contributed by atoms with Crippen LogP contribution in [-0.4, -0.2) is 24.6 Å². The lowest BCUT2D eigenvalue weighted by Gasteiger charge is -2.14. The van der Waals surface area contributed by atoms with E-state index >= 15 is 0 Å². The van der Waals surface area contributed by atoms with Crippen molar-refractivity contribution in [2.24, 2.45) is 0 Å². The molecule has 64 valence electrons. The molecular weight excluding hydrogens is 161 g/mol. The number of hydrogen-bond acceptors (Lipinski definition) is 2. The average molecular weight is 168 g/mol. The van der Waals surface area contributed by atoms with Gasteiger partial charge in [0.2, 0.25) is 0 Å². The van der Waals surface area contributed by atoms with Gasteiger partial charge < -0.3 is 5.11 Å². The van der Waals surface area contributed by atoms with Crippen LogP contribution in [0.15, 0.2) is 12.0 Å². The van der Waals surface area contributed by atoms with E-state index in [1.54, 1.807) is 0 Å². The van der Waals surface area contributed by atoms with Gasteiger partial charge in [0.15, 0.2) is 13.8 Å². The highest BCUT2D eigenvalue weighted by Gasteiger charge is 2.26. The summed E-state index contributed by atoms with van der Waals surface area (Å²) < 4.78 is 35.3. The van der Waals surface area contributed by atoms with Crippen LogP contribution >= 0.6 is 0 Å². The number of nitrogens with zero attached hydrogens (tertiary/aromatic N) is 1. The van der Waals surface area contributed by atoms with Crippen molar-refractivity contribution in [3.63, 3.8) is 0 Å². The molecule has 0 radical (unpaired) electrons. The highest BCUT2D eigenvalue weighted by Crippen LogP contribution is 2.19. The Morgan fingerprint density at radius 2 is 2.09 bits per heavy atom. The lowest BCUT2D eigenvalue weighted by atomic mass is 10.5. The van der Waals surface area contributed by atoms with Crippen molar-refractivity contribution in [2.75, 3.05) is 7.05 Å². The smallest absolute Gasteiger partial charge is 0.404 e. The zero-order valence-corrected chi connectivity index (χ0v) is 5.77. The van der Waals surface area contributed by atoms with Gasteiger partial charge in [-0.1, -0.05) is 0 Å². The van der Waals surface area contributed by atoms with Gasteiger partial charge in [0.05, 0.1) is 6.20 Å². The van der Waals surface area contributed by atoms with E-state index in [2.05, 4.69) is 6.72 Å². The second-order valence-electron chi connectivity index (χ2n) is 1.83. The van der Waals surface area contributed by atoms with Gasteiger partial charge in [0.1, 0.15) is 0 Å². The summed E-state index contributed by atoms with van der Waals surface area (Å²) in [6.45, 7) is 3.16. The standard InChI is InChI=1S/C5H7F3N2O/c1-10(2)9-3-4(11)5(6,7)8/h3,9H,1H2,2H3/b4-3+. The first-order valence-corrected chi connectivity index (χ1v) is 2.59. The molecule has 3 nitrogen and oxygen atoms in total. The Kier molecular flexibility index (Phi) is 2.91. The van der Waals surface area contributed by atoms with E-state index in [0.717, 1.165) is 4.68 Å². The number of alkyl halides is 3. The summed E-state index contributed by atoms with van der Waals surface area (Å²) in [6, 6.07) is 0. The number of hydrazine groups is 1. The van der Waals surface area contributed by atoms with E-state index in [1.807, 2.05) is 5.43 Å². The molecule has 0 atom stereocenters. The van der Waals surface area contributed by atoms with E-state index in [-0.39, 0.29) is 0 Å². The summed E-state index contributed by atoms with van der Waals surface area (Å²) in [7, 11) is 1.36. The minimum absolute atomic E-state index is 0.299. The van der Waals surface area contributed by atoms with Crippen LogP contribution in [0.3, 0.4) is 0 Å². The second kappa shape index (κ2) is 3.27. The van der Waals surface area contributed by atoms with Crippen LogP contribution in [0.4, 0.5) is 13.2 Å². The molecule has 0 aromatic rings. The maximum atomic E-state index is 11.4. The van der Waals surface area contributed by atoms with Gasteiger partial charge in [-0.3, -0.25) is 0 Å². The summed E-state index contributed by atoms with van der Waals surface area (Å²) in [6.07, 6.45) is -4.52. The van der Waals surface area contributed by atoms with Crippen LogP contribution in [-0.2, 0) is 0 Å². The molecule has 0 aromatic heterocycles. The molecule has 0 spiro atoms. The highest BCUT2D eigenvalue weighted by atomic mass is 19.4. The van der Waals surface area contributed by atoms with Crippen molar-refractivity contribution >= 4 is 6.72 Å². The second-order valence-corrected chi connectivity index (χ2v) is 1.83. The van der Waals surface area contributed by atoms with Gasteiger partial charge in [-0.05, 0) is 5.76 Å². The zero-order valence-electron chi connectivity index (χ0n) is 5.77. The minimum Gasteiger partial charge on any atom is -0.868 e. The molecule has 0 rings (SSSR count). The molecule has 0 saturated heterocycles. The average Bonchev–Trinajstić information content (AvgIpc) is 1.80. The largest absolute Gasteiger partial charge is 0.868 e. The minimum atomic E-state index is -4.82. The van der Waals surface area contributed by atoms with Crippen molar-refractivity contribution < 1.29 is 23.0 Å². The van der Waals surface area contributed by atoms with E-state index in [4.69, 9.17) is 0 Å². The maximum Gasteiger partial charge on any atom is 0.404 e. The Morgan fingerprint density at radius 1 is 1.64 bits per heavy atom. The summed E-state index contributed by atoms with van der Waals surface area (Å²) >= 11 is 0. The molecule has 0 aliphatic carbocycles. The van der Waals surface area contributed by atoms with Crippen molar-refractivity contribution in [1.29, 1.82) is 0 Å². The number of rotatable bonds is 2. The molecular formula is C5H7F3N2O. The first-order valence-electron chi connectivity index (χ1n) is 2.59. The van der Waals surface area contributed by atoms with Crippen LogP contribution in [0, 0.1) is 0 Å². The van der Waals surface area contributed by atoms with E-state index in [1.165, 1.54) is 7.05 Å². The first-order chi connectivity index (χ1) is 4.84. The number of nitrogens with one attached hydrogen (secondary N) is 1. The molecule has 0 unspecified atom stereocenters. The Bertz CT molecular complexity index is 185. The summed E-state index contributed by atoms with van der Waals surface area (Å²) in [5, 5.41) is 10.1. The van der Waals surface area contributed by atoms with Crippen LogP contribution in [0.5, 0.6) is 0 Å². The van der Waals surface area contributed by atoms with E-state index < -0.39 is 11.9 Å². The number of hydrazone groups is 1. The SMILES string of the molecule is C=[N+](C)N/C=C(/[O-])C(F)(F)F. The number of halogens is 3. The zero-order chi connectivity index (χ0) is 9.07. The molecule has 0 aliphatic heterocycles. The highest BCUT2D eigenvalue weighted by molar-refractivity contribution is 5.13. The fourth-order valence-corrected chi connectivity index (χ4v) is 0.251. The van der Waals surface area contributed by atoms with Crippen LogP contribution < -0.4 is 10.5 Å². The predicted molar refractivity (Wildman–Crippen MR) is 30.6 cm³/mol. The number of hydrogen-bond donors (Lipinski definition) is 1. The summed E-state index contributed by atoms with van der Waals surface area (Å²) in [5.74, 6) is -1.94. The maximum absolute atomic E-state index is 11.4. The van der Waals surface area contributed by atoms with Gasteiger partial charge in [-0.2, -0.15) is 18.6 Å². The van der Waals surface area contributed by atoms with Gasteiger partial charge >= 0.3 is 6.18 Å². The molecule has 0 amide bonds.